The molecule has 0 spiro atoms. The zero-order chi connectivity index (χ0) is 13.0. The number of anilines is 1. The smallest absolute Gasteiger partial charge is 0.222 e. The van der Waals surface area contributed by atoms with Gasteiger partial charge in [0.05, 0.1) is 18.8 Å². The highest BCUT2D eigenvalue weighted by Gasteiger charge is 2.24. The molecule has 0 bridgehead atoms. The molecule has 1 aliphatic rings. The quantitative estimate of drug-likeness (QED) is 0.840. The average molecular weight is 251 g/mol. The predicted octanol–water partition coefficient (Wildman–Crippen LogP) is 2.20. The van der Waals surface area contributed by atoms with Crippen LogP contribution in [0.25, 0.3) is 0 Å². The van der Waals surface area contributed by atoms with E-state index in [0.29, 0.717) is 25.0 Å². The summed E-state index contributed by atoms with van der Waals surface area (Å²) in [6.45, 7) is 8.59. The number of nitrogens with one attached hydrogen (secondary N) is 1. The first-order valence-corrected chi connectivity index (χ1v) is 6.55. The molecule has 1 saturated heterocycles. The van der Waals surface area contributed by atoms with Crippen LogP contribution in [0.1, 0.15) is 38.7 Å². The number of nitrogens with zero attached hydrogens (tertiary/aromatic N) is 2. The van der Waals surface area contributed by atoms with Crippen LogP contribution in [-0.2, 0) is 4.74 Å². The number of hydrogen-bond acceptors (Lipinski definition) is 5. The van der Waals surface area contributed by atoms with Gasteiger partial charge in [0.25, 0.3) is 0 Å². The lowest BCUT2D eigenvalue weighted by Crippen LogP contribution is -2.39. The van der Waals surface area contributed by atoms with Crippen molar-refractivity contribution >= 4 is 5.82 Å². The number of hydrogen-bond donors (Lipinski definition) is 1. The first-order valence-electron chi connectivity index (χ1n) is 6.55. The summed E-state index contributed by atoms with van der Waals surface area (Å²) in [7, 11) is 0. The maximum atomic E-state index is 5.85. The molecular weight excluding hydrogens is 230 g/mol. The Balaban J connectivity index is 2.20. The van der Waals surface area contributed by atoms with Crippen molar-refractivity contribution in [3.8, 4) is 5.88 Å². The summed E-state index contributed by atoms with van der Waals surface area (Å²) in [5.74, 6) is 1.89. The molecule has 18 heavy (non-hydrogen) atoms. The van der Waals surface area contributed by atoms with E-state index in [0.717, 1.165) is 24.3 Å². The zero-order valence-electron chi connectivity index (χ0n) is 11.3. The molecule has 0 atom stereocenters. The van der Waals surface area contributed by atoms with Crippen LogP contribution in [0.2, 0.25) is 0 Å². The summed E-state index contributed by atoms with van der Waals surface area (Å²) in [5.41, 5.74) is 1.05. The van der Waals surface area contributed by atoms with Gasteiger partial charge in [0.15, 0.2) is 0 Å². The molecule has 0 aliphatic carbocycles. The molecule has 0 radical (unpaired) electrons. The van der Waals surface area contributed by atoms with Gasteiger partial charge in [-0.3, -0.25) is 0 Å². The molecule has 1 aliphatic heterocycles. The fourth-order valence-electron chi connectivity index (χ4n) is 1.82. The van der Waals surface area contributed by atoms with Crippen molar-refractivity contribution in [3.05, 3.63) is 11.9 Å². The molecular formula is C13H21N3O2. The minimum atomic E-state index is 0.136. The van der Waals surface area contributed by atoms with Gasteiger partial charge in [-0.25, -0.2) is 9.97 Å². The van der Waals surface area contributed by atoms with E-state index in [2.05, 4.69) is 36.1 Å². The Morgan fingerprint density at radius 1 is 1.44 bits per heavy atom. The van der Waals surface area contributed by atoms with E-state index >= 15 is 0 Å². The molecule has 1 fully saturated rings. The summed E-state index contributed by atoms with van der Waals surface area (Å²) >= 11 is 0. The Morgan fingerprint density at radius 3 is 2.78 bits per heavy atom. The molecule has 0 amide bonds. The van der Waals surface area contributed by atoms with Crippen LogP contribution in [0.5, 0.6) is 5.88 Å². The van der Waals surface area contributed by atoms with Gasteiger partial charge < -0.3 is 14.8 Å². The van der Waals surface area contributed by atoms with Gasteiger partial charge in [0, 0.05) is 6.54 Å². The summed E-state index contributed by atoms with van der Waals surface area (Å²) in [5, 5.41) is 3.33. The lowest BCUT2D eigenvalue weighted by molar-refractivity contribution is -0.0817. The molecule has 1 aromatic heterocycles. The molecule has 1 N–H and O–H groups in total. The third-order valence-corrected chi connectivity index (χ3v) is 2.85. The highest BCUT2D eigenvalue weighted by Crippen LogP contribution is 2.31. The Labute approximate surface area is 108 Å². The molecule has 0 aromatic carbocycles. The second-order valence-corrected chi connectivity index (χ2v) is 4.80. The standard InChI is InChI=1S/C13H21N3O2/c1-4-5-14-12-11(9(2)3)13(16-8-15-12)18-10-6-17-7-10/h8-10H,4-7H2,1-3H3,(H,14,15,16). The van der Waals surface area contributed by atoms with Gasteiger partial charge >= 0.3 is 0 Å². The Bertz CT molecular complexity index is 392. The highest BCUT2D eigenvalue weighted by atomic mass is 16.6. The van der Waals surface area contributed by atoms with E-state index in [1.807, 2.05) is 0 Å². The molecule has 2 heterocycles. The third kappa shape index (κ3) is 2.90. The monoisotopic (exact) mass is 251 g/mol. The second-order valence-electron chi connectivity index (χ2n) is 4.80. The minimum absolute atomic E-state index is 0.136. The molecule has 0 saturated carbocycles. The lowest BCUT2D eigenvalue weighted by Gasteiger charge is -2.28. The van der Waals surface area contributed by atoms with Crippen molar-refractivity contribution in [3.63, 3.8) is 0 Å². The van der Waals surface area contributed by atoms with Crippen LogP contribution in [-0.4, -0.2) is 35.8 Å². The molecule has 1 aromatic rings. The highest BCUT2D eigenvalue weighted by molar-refractivity contribution is 5.50. The Morgan fingerprint density at radius 2 is 2.22 bits per heavy atom. The van der Waals surface area contributed by atoms with E-state index in [4.69, 9.17) is 9.47 Å². The van der Waals surface area contributed by atoms with E-state index in [-0.39, 0.29) is 6.10 Å². The van der Waals surface area contributed by atoms with E-state index in [9.17, 15) is 0 Å². The van der Waals surface area contributed by atoms with Crippen molar-refractivity contribution < 1.29 is 9.47 Å². The van der Waals surface area contributed by atoms with Crippen molar-refractivity contribution in [2.45, 2.75) is 39.2 Å². The van der Waals surface area contributed by atoms with E-state index in [1.54, 1.807) is 6.33 Å². The first-order chi connectivity index (χ1) is 8.72. The largest absolute Gasteiger partial charge is 0.469 e. The predicted molar refractivity (Wildman–Crippen MR) is 70.1 cm³/mol. The maximum Gasteiger partial charge on any atom is 0.222 e. The van der Waals surface area contributed by atoms with E-state index < -0.39 is 0 Å². The van der Waals surface area contributed by atoms with Crippen molar-refractivity contribution in [2.24, 2.45) is 0 Å². The van der Waals surface area contributed by atoms with Gasteiger partial charge in [-0.05, 0) is 12.3 Å². The maximum absolute atomic E-state index is 5.85. The van der Waals surface area contributed by atoms with Crippen molar-refractivity contribution in [1.82, 2.24) is 9.97 Å². The summed E-state index contributed by atoms with van der Waals surface area (Å²) < 4.78 is 11.0. The summed E-state index contributed by atoms with van der Waals surface area (Å²) in [4.78, 5) is 8.58. The van der Waals surface area contributed by atoms with Gasteiger partial charge in [-0.15, -0.1) is 0 Å². The minimum Gasteiger partial charge on any atom is -0.469 e. The molecule has 5 heteroatoms. The van der Waals surface area contributed by atoms with Crippen LogP contribution in [0.15, 0.2) is 6.33 Å². The van der Waals surface area contributed by atoms with E-state index in [1.165, 1.54) is 0 Å². The number of ether oxygens (including phenoxy) is 2. The van der Waals surface area contributed by atoms with Gasteiger partial charge in [-0.2, -0.15) is 0 Å². The molecule has 0 unspecified atom stereocenters. The van der Waals surface area contributed by atoms with Crippen molar-refractivity contribution in [2.75, 3.05) is 25.1 Å². The number of aromatic nitrogens is 2. The lowest BCUT2D eigenvalue weighted by atomic mass is 10.1. The second kappa shape index (κ2) is 6.00. The van der Waals surface area contributed by atoms with Crippen LogP contribution < -0.4 is 10.1 Å². The fourth-order valence-corrected chi connectivity index (χ4v) is 1.82. The molecule has 2 rings (SSSR count). The van der Waals surface area contributed by atoms with Gasteiger partial charge in [-0.1, -0.05) is 20.8 Å². The van der Waals surface area contributed by atoms with Crippen LogP contribution >= 0.6 is 0 Å². The number of rotatable bonds is 6. The molecule has 100 valence electrons. The topological polar surface area (TPSA) is 56.3 Å². The van der Waals surface area contributed by atoms with Gasteiger partial charge in [0.1, 0.15) is 18.2 Å². The summed E-state index contributed by atoms with van der Waals surface area (Å²) in [6, 6.07) is 0. The molecule has 5 nitrogen and oxygen atoms in total. The first kappa shape index (κ1) is 13.1. The Kier molecular flexibility index (Phi) is 4.36. The summed E-state index contributed by atoms with van der Waals surface area (Å²) in [6.07, 6.45) is 2.75. The van der Waals surface area contributed by atoms with Gasteiger partial charge in [0.2, 0.25) is 5.88 Å². The fraction of sp³-hybridized carbons (Fsp3) is 0.692. The SMILES string of the molecule is CCCNc1ncnc(OC2COC2)c1C(C)C. The third-order valence-electron chi connectivity index (χ3n) is 2.85. The zero-order valence-corrected chi connectivity index (χ0v) is 11.3. The van der Waals surface area contributed by atoms with Crippen LogP contribution in [0.3, 0.4) is 0 Å². The van der Waals surface area contributed by atoms with Crippen LogP contribution in [0, 0.1) is 0 Å². The Hall–Kier alpha value is -1.36. The van der Waals surface area contributed by atoms with Crippen molar-refractivity contribution in [1.29, 1.82) is 0 Å². The van der Waals surface area contributed by atoms with Crippen LogP contribution in [0.4, 0.5) is 5.82 Å². The average Bonchev–Trinajstić information content (AvgIpc) is 2.30. The normalized spacial score (nSPS) is 15.6.